The highest BCUT2D eigenvalue weighted by Gasteiger charge is 2.25. The predicted octanol–water partition coefficient (Wildman–Crippen LogP) is 3.01. The molecule has 1 heterocycles. The number of hydrogen-bond donors (Lipinski definition) is 0. The van der Waals surface area contributed by atoms with Crippen LogP contribution in [0.15, 0.2) is 33.6 Å². The van der Waals surface area contributed by atoms with Gasteiger partial charge in [-0.2, -0.15) is 0 Å². The van der Waals surface area contributed by atoms with Gasteiger partial charge in [-0.3, -0.25) is 4.79 Å². The van der Waals surface area contributed by atoms with Crippen LogP contribution in [0.1, 0.15) is 32.6 Å². The van der Waals surface area contributed by atoms with Gasteiger partial charge in [-0.1, -0.05) is 15.9 Å². The molecule has 1 aliphatic heterocycles. The van der Waals surface area contributed by atoms with E-state index in [0.29, 0.717) is 0 Å². The van der Waals surface area contributed by atoms with E-state index in [1.807, 2.05) is 11.8 Å². The Morgan fingerprint density at radius 1 is 1.29 bits per heavy atom. The third kappa shape index (κ3) is 4.30. The van der Waals surface area contributed by atoms with E-state index >= 15 is 0 Å². The first-order valence-corrected chi connectivity index (χ1v) is 9.62. The minimum Gasteiger partial charge on any atom is -0.340 e. The Kier molecular flexibility index (Phi) is 5.43. The van der Waals surface area contributed by atoms with Gasteiger partial charge in [0.15, 0.2) is 9.84 Å². The first-order valence-electron chi connectivity index (χ1n) is 7.18. The highest BCUT2D eigenvalue weighted by Crippen LogP contribution is 2.19. The Bertz CT molecular complexity index is 598. The van der Waals surface area contributed by atoms with E-state index in [1.54, 1.807) is 24.3 Å². The predicted molar refractivity (Wildman–Crippen MR) is 85.8 cm³/mol. The fourth-order valence-corrected chi connectivity index (χ4v) is 4.09. The number of rotatable bonds is 4. The van der Waals surface area contributed by atoms with Gasteiger partial charge in [0.2, 0.25) is 5.91 Å². The van der Waals surface area contributed by atoms with E-state index in [-0.39, 0.29) is 29.0 Å². The van der Waals surface area contributed by atoms with Crippen LogP contribution < -0.4 is 0 Å². The van der Waals surface area contributed by atoms with Crippen molar-refractivity contribution in [2.24, 2.45) is 0 Å². The molecular formula is C15H20BrNO3S. The second kappa shape index (κ2) is 6.92. The number of likely N-dealkylation sites (tertiary alicyclic amines) is 1. The summed E-state index contributed by atoms with van der Waals surface area (Å²) in [5.74, 6) is -0.181. The maximum atomic E-state index is 12.2. The molecule has 116 valence electrons. The highest BCUT2D eigenvalue weighted by atomic mass is 79.9. The number of amides is 1. The Morgan fingerprint density at radius 2 is 1.95 bits per heavy atom. The quantitative estimate of drug-likeness (QED) is 0.814. The highest BCUT2D eigenvalue weighted by molar-refractivity contribution is 9.10. The molecule has 0 saturated carbocycles. The molecule has 2 rings (SSSR count). The maximum Gasteiger partial charge on any atom is 0.223 e. The second-order valence-electron chi connectivity index (χ2n) is 5.45. The van der Waals surface area contributed by atoms with Gasteiger partial charge in [0.1, 0.15) is 0 Å². The molecule has 0 bridgehead atoms. The summed E-state index contributed by atoms with van der Waals surface area (Å²) in [6.07, 6.45) is 3.21. The molecule has 1 fully saturated rings. The van der Waals surface area contributed by atoms with E-state index in [0.717, 1.165) is 30.3 Å². The van der Waals surface area contributed by atoms with Crippen molar-refractivity contribution in [1.29, 1.82) is 0 Å². The van der Waals surface area contributed by atoms with Crippen molar-refractivity contribution in [2.45, 2.75) is 43.5 Å². The standard InChI is InChI=1S/C15H20BrNO3S/c1-12-4-2-3-10-17(12)15(18)9-11-21(19,20)14-7-5-13(16)6-8-14/h5-8,12H,2-4,9-11H2,1H3/t12-/m1/s1. The number of sulfone groups is 1. The van der Waals surface area contributed by atoms with Crippen LogP contribution in [0.2, 0.25) is 0 Å². The van der Waals surface area contributed by atoms with Crippen LogP contribution in [0.3, 0.4) is 0 Å². The topological polar surface area (TPSA) is 54.5 Å². The minimum absolute atomic E-state index is 0.0529. The lowest BCUT2D eigenvalue weighted by Gasteiger charge is -2.33. The summed E-state index contributed by atoms with van der Waals surface area (Å²) >= 11 is 3.28. The zero-order valence-corrected chi connectivity index (χ0v) is 14.5. The number of benzene rings is 1. The van der Waals surface area contributed by atoms with E-state index < -0.39 is 9.84 Å². The second-order valence-corrected chi connectivity index (χ2v) is 8.48. The van der Waals surface area contributed by atoms with Crippen molar-refractivity contribution in [1.82, 2.24) is 4.90 Å². The number of halogens is 1. The molecule has 1 aromatic carbocycles. The van der Waals surface area contributed by atoms with Crippen molar-refractivity contribution >= 4 is 31.7 Å². The Balaban J connectivity index is 1.98. The largest absolute Gasteiger partial charge is 0.340 e. The van der Waals surface area contributed by atoms with Gasteiger partial charge in [-0.05, 0) is 50.5 Å². The third-order valence-corrected chi connectivity index (χ3v) is 6.14. The van der Waals surface area contributed by atoms with Crippen molar-refractivity contribution < 1.29 is 13.2 Å². The molecular weight excluding hydrogens is 354 g/mol. The van der Waals surface area contributed by atoms with Gasteiger partial charge in [-0.15, -0.1) is 0 Å². The van der Waals surface area contributed by atoms with E-state index in [2.05, 4.69) is 15.9 Å². The fourth-order valence-electron chi connectivity index (χ4n) is 2.59. The molecule has 0 aromatic heterocycles. The number of carbonyl (C=O) groups excluding carboxylic acids is 1. The molecule has 1 saturated heterocycles. The van der Waals surface area contributed by atoms with Crippen molar-refractivity contribution in [2.75, 3.05) is 12.3 Å². The maximum absolute atomic E-state index is 12.2. The van der Waals surface area contributed by atoms with Crippen LogP contribution in [-0.2, 0) is 14.6 Å². The zero-order chi connectivity index (χ0) is 15.5. The van der Waals surface area contributed by atoms with Crippen molar-refractivity contribution in [3.8, 4) is 0 Å². The molecule has 6 heteroatoms. The Hall–Kier alpha value is -0.880. The van der Waals surface area contributed by atoms with Crippen LogP contribution in [-0.4, -0.2) is 37.6 Å². The number of piperidine rings is 1. The molecule has 1 atom stereocenters. The third-order valence-electron chi connectivity index (χ3n) is 3.88. The first kappa shape index (κ1) is 16.5. The summed E-state index contributed by atoms with van der Waals surface area (Å²) in [7, 11) is -3.40. The van der Waals surface area contributed by atoms with E-state index in [4.69, 9.17) is 0 Å². The average molecular weight is 374 g/mol. The summed E-state index contributed by atoms with van der Waals surface area (Å²) in [5.41, 5.74) is 0. The van der Waals surface area contributed by atoms with Gasteiger partial charge in [0.05, 0.1) is 10.6 Å². The Labute approximate surface area is 134 Å². The number of hydrogen-bond acceptors (Lipinski definition) is 3. The summed E-state index contributed by atoms with van der Waals surface area (Å²) in [5, 5.41) is 0. The molecule has 0 N–H and O–H groups in total. The number of nitrogens with zero attached hydrogens (tertiary/aromatic N) is 1. The molecule has 1 aliphatic rings. The monoisotopic (exact) mass is 373 g/mol. The fraction of sp³-hybridized carbons (Fsp3) is 0.533. The van der Waals surface area contributed by atoms with Gasteiger partial charge in [0, 0.05) is 23.5 Å². The first-order chi connectivity index (χ1) is 9.90. The zero-order valence-electron chi connectivity index (χ0n) is 12.1. The SMILES string of the molecule is C[C@@H]1CCCCN1C(=O)CCS(=O)(=O)c1ccc(Br)cc1. The molecule has 1 aromatic rings. The minimum atomic E-state index is -3.40. The normalized spacial score (nSPS) is 19.5. The van der Waals surface area contributed by atoms with Crippen molar-refractivity contribution in [3.63, 3.8) is 0 Å². The lowest BCUT2D eigenvalue weighted by molar-refractivity contribution is -0.133. The van der Waals surface area contributed by atoms with E-state index in [1.165, 1.54) is 0 Å². The van der Waals surface area contributed by atoms with Crippen LogP contribution in [0.25, 0.3) is 0 Å². The molecule has 21 heavy (non-hydrogen) atoms. The summed E-state index contributed by atoms with van der Waals surface area (Å²) in [6, 6.07) is 6.74. The molecule has 0 aliphatic carbocycles. The van der Waals surface area contributed by atoms with Gasteiger partial charge in [0.25, 0.3) is 0 Å². The van der Waals surface area contributed by atoms with Crippen LogP contribution in [0.5, 0.6) is 0 Å². The van der Waals surface area contributed by atoms with Crippen LogP contribution in [0, 0.1) is 0 Å². The lowest BCUT2D eigenvalue weighted by atomic mass is 10.0. The Morgan fingerprint density at radius 3 is 2.57 bits per heavy atom. The van der Waals surface area contributed by atoms with Crippen molar-refractivity contribution in [3.05, 3.63) is 28.7 Å². The van der Waals surface area contributed by atoms with Gasteiger partial charge >= 0.3 is 0 Å². The van der Waals surface area contributed by atoms with Gasteiger partial charge in [-0.25, -0.2) is 8.42 Å². The summed E-state index contributed by atoms with van der Waals surface area (Å²) < 4.78 is 25.3. The summed E-state index contributed by atoms with van der Waals surface area (Å²) in [6.45, 7) is 2.78. The summed E-state index contributed by atoms with van der Waals surface area (Å²) in [4.78, 5) is 14.3. The smallest absolute Gasteiger partial charge is 0.223 e. The molecule has 0 spiro atoms. The van der Waals surface area contributed by atoms with E-state index in [9.17, 15) is 13.2 Å². The average Bonchev–Trinajstić information content (AvgIpc) is 2.46. The van der Waals surface area contributed by atoms with Crippen LogP contribution in [0.4, 0.5) is 0 Å². The van der Waals surface area contributed by atoms with Crippen LogP contribution >= 0.6 is 15.9 Å². The van der Waals surface area contributed by atoms with Gasteiger partial charge < -0.3 is 4.90 Å². The molecule has 4 nitrogen and oxygen atoms in total. The molecule has 1 amide bonds. The number of carbonyl (C=O) groups is 1. The lowest BCUT2D eigenvalue weighted by Crippen LogP contribution is -2.42. The molecule has 0 unspecified atom stereocenters. The molecule has 0 radical (unpaired) electrons.